The van der Waals surface area contributed by atoms with Gasteiger partial charge in [-0.25, -0.2) is 9.59 Å². The van der Waals surface area contributed by atoms with Crippen LogP contribution in [-0.4, -0.2) is 54.9 Å². The molecule has 2 amide bonds. The van der Waals surface area contributed by atoms with Crippen LogP contribution in [0, 0.1) is 11.8 Å². The van der Waals surface area contributed by atoms with Gasteiger partial charge in [-0.2, -0.15) is 0 Å². The minimum Gasteiger partial charge on any atom is -0.480 e. The summed E-state index contributed by atoms with van der Waals surface area (Å²) < 4.78 is 5.13. The molecule has 1 fully saturated rings. The van der Waals surface area contributed by atoms with Gasteiger partial charge >= 0.3 is 12.0 Å². The Morgan fingerprint density at radius 2 is 2.20 bits per heavy atom. The van der Waals surface area contributed by atoms with Crippen molar-refractivity contribution in [3.63, 3.8) is 0 Å². The number of hydrogen-bond acceptors (Lipinski definition) is 3. The molecule has 1 aliphatic heterocycles. The van der Waals surface area contributed by atoms with E-state index in [4.69, 9.17) is 4.74 Å². The lowest BCUT2D eigenvalue weighted by atomic mass is 9.98. The first-order valence-corrected chi connectivity index (χ1v) is 7.26. The third-order valence-electron chi connectivity index (χ3n) is 3.97. The van der Waals surface area contributed by atoms with Gasteiger partial charge in [-0.05, 0) is 18.8 Å². The van der Waals surface area contributed by atoms with Gasteiger partial charge in [0.2, 0.25) is 0 Å². The molecule has 3 unspecified atom stereocenters. The number of aliphatic carboxylic acids is 1. The number of piperidine rings is 1. The van der Waals surface area contributed by atoms with Crippen molar-refractivity contribution in [3.05, 3.63) is 0 Å². The van der Waals surface area contributed by atoms with Crippen LogP contribution in [0.1, 0.15) is 33.1 Å². The first kappa shape index (κ1) is 16.8. The van der Waals surface area contributed by atoms with Crippen LogP contribution < -0.4 is 5.32 Å². The Morgan fingerprint density at radius 3 is 2.75 bits per heavy atom. The van der Waals surface area contributed by atoms with Crippen LogP contribution in [0.3, 0.4) is 0 Å². The summed E-state index contributed by atoms with van der Waals surface area (Å²) in [6.07, 6.45) is 2.69. The molecule has 0 aliphatic carbocycles. The number of ether oxygens (including phenoxy) is 1. The third-order valence-corrected chi connectivity index (χ3v) is 3.97. The number of nitrogens with zero attached hydrogens (tertiary/aromatic N) is 1. The van der Waals surface area contributed by atoms with E-state index in [1.807, 2.05) is 13.8 Å². The fourth-order valence-corrected chi connectivity index (χ4v) is 2.53. The van der Waals surface area contributed by atoms with E-state index in [1.54, 1.807) is 12.0 Å². The molecule has 0 spiro atoms. The van der Waals surface area contributed by atoms with Gasteiger partial charge in [0, 0.05) is 26.1 Å². The average Bonchev–Trinajstić information content (AvgIpc) is 2.44. The summed E-state index contributed by atoms with van der Waals surface area (Å²) in [5.74, 6) is -0.722. The zero-order valence-corrected chi connectivity index (χ0v) is 12.6. The summed E-state index contributed by atoms with van der Waals surface area (Å²) in [6, 6.07) is -1.10. The predicted octanol–water partition coefficient (Wildman–Crippen LogP) is 1.55. The van der Waals surface area contributed by atoms with Gasteiger partial charge in [0.1, 0.15) is 6.04 Å². The minimum absolute atomic E-state index is 0.0870. The summed E-state index contributed by atoms with van der Waals surface area (Å²) in [6.45, 7) is 5.70. The van der Waals surface area contributed by atoms with Crippen LogP contribution in [0.2, 0.25) is 0 Å². The Morgan fingerprint density at radius 1 is 1.50 bits per heavy atom. The van der Waals surface area contributed by atoms with Crippen LogP contribution in [-0.2, 0) is 9.53 Å². The molecule has 0 aromatic carbocycles. The molecule has 3 atom stereocenters. The summed E-state index contributed by atoms with van der Waals surface area (Å²) in [5, 5.41) is 11.9. The number of hydrogen-bond donors (Lipinski definition) is 2. The van der Waals surface area contributed by atoms with E-state index < -0.39 is 12.0 Å². The summed E-state index contributed by atoms with van der Waals surface area (Å²) in [4.78, 5) is 25.1. The lowest BCUT2D eigenvalue weighted by Gasteiger charge is -2.33. The Hall–Kier alpha value is -1.30. The van der Waals surface area contributed by atoms with Crippen LogP contribution in [0.15, 0.2) is 0 Å². The van der Waals surface area contributed by atoms with Gasteiger partial charge in [0.25, 0.3) is 0 Å². The van der Waals surface area contributed by atoms with E-state index in [1.165, 1.54) is 0 Å². The molecule has 1 heterocycles. The number of carboxylic acid groups (broad SMARTS) is 1. The number of amides is 2. The third kappa shape index (κ3) is 4.67. The van der Waals surface area contributed by atoms with Crippen molar-refractivity contribution in [1.29, 1.82) is 0 Å². The second kappa shape index (κ2) is 8.09. The van der Waals surface area contributed by atoms with E-state index in [-0.39, 0.29) is 11.9 Å². The highest BCUT2D eigenvalue weighted by Gasteiger charge is 2.29. The second-order valence-electron chi connectivity index (χ2n) is 5.56. The molecule has 0 radical (unpaired) electrons. The minimum atomic E-state index is -0.974. The highest BCUT2D eigenvalue weighted by Crippen LogP contribution is 2.17. The monoisotopic (exact) mass is 286 g/mol. The SMILES string of the molecule is CCC(C)C(NC(=O)N1CCCC(COC)C1)C(=O)O. The van der Waals surface area contributed by atoms with E-state index in [0.717, 1.165) is 12.8 Å². The molecule has 20 heavy (non-hydrogen) atoms. The Kier molecular flexibility index (Phi) is 6.78. The van der Waals surface area contributed by atoms with Gasteiger partial charge in [-0.15, -0.1) is 0 Å². The Labute approximate surface area is 120 Å². The standard InChI is InChI=1S/C14H26N2O4/c1-4-10(2)12(13(17)18)15-14(19)16-7-5-6-11(8-16)9-20-3/h10-12H,4-9H2,1-3H3,(H,15,19)(H,17,18). The number of carbonyl (C=O) groups is 2. The highest BCUT2D eigenvalue weighted by molar-refractivity contribution is 5.82. The largest absolute Gasteiger partial charge is 0.480 e. The highest BCUT2D eigenvalue weighted by atomic mass is 16.5. The maximum absolute atomic E-state index is 12.2. The van der Waals surface area contributed by atoms with Crippen LogP contribution in [0.5, 0.6) is 0 Å². The zero-order chi connectivity index (χ0) is 15.1. The zero-order valence-electron chi connectivity index (χ0n) is 12.6. The van der Waals surface area contributed by atoms with E-state index >= 15 is 0 Å². The first-order chi connectivity index (χ1) is 9.49. The van der Waals surface area contributed by atoms with Crippen molar-refractivity contribution in [1.82, 2.24) is 10.2 Å². The lowest BCUT2D eigenvalue weighted by Crippen LogP contribution is -2.53. The molecule has 2 N–H and O–H groups in total. The summed E-state index contributed by atoms with van der Waals surface area (Å²) in [7, 11) is 1.66. The van der Waals surface area contributed by atoms with E-state index in [9.17, 15) is 14.7 Å². The molecule has 1 saturated heterocycles. The first-order valence-electron chi connectivity index (χ1n) is 7.26. The fraction of sp³-hybridized carbons (Fsp3) is 0.857. The molecular formula is C14H26N2O4. The molecule has 0 aromatic rings. The number of carbonyl (C=O) groups excluding carboxylic acids is 1. The molecule has 0 saturated carbocycles. The van der Waals surface area contributed by atoms with Crippen molar-refractivity contribution < 1.29 is 19.4 Å². The maximum Gasteiger partial charge on any atom is 0.326 e. The number of nitrogens with one attached hydrogen (secondary N) is 1. The number of likely N-dealkylation sites (tertiary alicyclic amines) is 1. The van der Waals surface area contributed by atoms with Crippen LogP contribution >= 0.6 is 0 Å². The van der Waals surface area contributed by atoms with Crippen molar-refractivity contribution in [2.45, 2.75) is 39.2 Å². The topological polar surface area (TPSA) is 78.9 Å². The summed E-state index contributed by atoms with van der Waals surface area (Å²) >= 11 is 0. The maximum atomic E-state index is 12.2. The van der Waals surface area contributed by atoms with Crippen LogP contribution in [0.25, 0.3) is 0 Å². The van der Waals surface area contributed by atoms with Gasteiger partial charge < -0.3 is 20.1 Å². The molecule has 1 rings (SSSR count). The lowest BCUT2D eigenvalue weighted by molar-refractivity contribution is -0.140. The van der Waals surface area contributed by atoms with Gasteiger partial charge in [0.05, 0.1) is 6.61 Å². The van der Waals surface area contributed by atoms with Crippen molar-refractivity contribution >= 4 is 12.0 Å². The number of carboxylic acids is 1. The molecule has 0 aromatic heterocycles. The Bertz CT molecular complexity index is 333. The molecular weight excluding hydrogens is 260 g/mol. The van der Waals surface area contributed by atoms with Gasteiger partial charge in [-0.3, -0.25) is 0 Å². The predicted molar refractivity (Wildman–Crippen MR) is 75.6 cm³/mol. The molecule has 116 valence electrons. The molecule has 1 aliphatic rings. The molecule has 0 bridgehead atoms. The Balaban J connectivity index is 2.57. The van der Waals surface area contributed by atoms with Crippen molar-refractivity contribution in [2.75, 3.05) is 26.8 Å². The molecule has 6 nitrogen and oxygen atoms in total. The summed E-state index contributed by atoms with van der Waals surface area (Å²) in [5.41, 5.74) is 0. The van der Waals surface area contributed by atoms with Crippen molar-refractivity contribution in [3.8, 4) is 0 Å². The number of methoxy groups -OCH3 is 1. The number of rotatable bonds is 6. The van der Waals surface area contributed by atoms with Crippen molar-refractivity contribution in [2.24, 2.45) is 11.8 Å². The van der Waals surface area contributed by atoms with E-state index in [0.29, 0.717) is 32.0 Å². The van der Waals surface area contributed by atoms with Crippen LogP contribution in [0.4, 0.5) is 4.79 Å². The quantitative estimate of drug-likeness (QED) is 0.776. The van der Waals surface area contributed by atoms with E-state index in [2.05, 4.69) is 5.32 Å². The number of urea groups is 1. The average molecular weight is 286 g/mol. The van der Waals surface area contributed by atoms with Gasteiger partial charge in [-0.1, -0.05) is 20.3 Å². The fourth-order valence-electron chi connectivity index (χ4n) is 2.53. The normalized spacial score (nSPS) is 22.1. The van der Waals surface area contributed by atoms with Gasteiger partial charge in [0.15, 0.2) is 0 Å². The smallest absolute Gasteiger partial charge is 0.326 e. The molecule has 6 heteroatoms. The second-order valence-corrected chi connectivity index (χ2v) is 5.56.